The summed E-state index contributed by atoms with van der Waals surface area (Å²) in [6.45, 7) is 0. The molecule has 20 heavy (non-hydrogen) atoms. The number of carbonyl (C=O) groups is 1. The highest BCUT2D eigenvalue weighted by atomic mass is 32.2. The number of nitrogens with one attached hydrogen (secondary N) is 1. The molecule has 4 fully saturated rings. The first kappa shape index (κ1) is 13.1. The minimum atomic E-state index is -0.652. The number of urea groups is 1. The summed E-state index contributed by atoms with van der Waals surface area (Å²) in [7, 11) is 1.25. The van der Waals surface area contributed by atoms with Crippen LogP contribution in [0, 0.1) is 23.7 Å². The molecule has 2 amide bonds. The van der Waals surface area contributed by atoms with Crippen molar-refractivity contribution < 1.29 is 9.00 Å². The van der Waals surface area contributed by atoms with E-state index in [-0.39, 0.29) is 12.1 Å². The van der Waals surface area contributed by atoms with Crippen molar-refractivity contribution in [3.8, 4) is 0 Å². The molecule has 1 unspecified atom stereocenters. The fraction of sp³-hybridized carbons (Fsp3) is 0.933. The molecule has 0 aromatic rings. The van der Waals surface area contributed by atoms with Gasteiger partial charge >= 0.3 is 6.03 Å². The van der Waals surface area contributed by atoms with Crippen LogP contribution in [0.15, 0.2) is 0 Å². The second-order valence-corrected chi connectivity index (χ2v) is 8.85. The molecule has 5 heteroatoms. The SMILES string of the molecule is CN(C(=O)NC1[C@@H]2[C@H]3CC[C@@H](C3)[C@H]12)C1CCS(=O)CC1. The van der Waals surface area contributed by atoms with Gasteiger partial charge in [0.2, 0.25) is 0 Å². The smallest absolute Gasteiger partial charge is 0.317 e. The Balaban J connectivity index is 1.31. The lowest BCUT2D eigenvalue weighted by atomic mass is 10.0. The zero-order valence-electron chi connectivity index (χ0n) is 12.1. The van der Waals surface area contributed by atoms with E-state index < -0.39 is 10.8 Å². The lowest BCUT2D eigenvalue weighted by Gasteiger charge is -2.31. The molecule has 1 N–H and O–H groups in total. The number of hydrogen-bond acceptors (Lipinski definition) is 2. The third-order valence-electron chi connectivity index (χ3n) is 6.25. The lowest BCUT2D eigenvalue weighted by Crippen LogP contribution is -2.47. The fourth-order valence-electron chi connectivity index (χ4n) is 5.10. The van der Waals surface area contributed by atoms with Crippen molar-refractivity contribution in [2.24, 2.45) is 23.7 Å². The van der Waals surface area contributed by atoms with Gasteiger partial charge < -0.3 is 10.2 Å². The summed E-state index contributed by atoms with van der Waals surface area (Å²) in [6.07, 6.45) is 5.98. The van der Waals surface area contributed by atoms with Crippen molar-refractivity contribution >= 4 is 16.8 Å². The Bertz CT molecular complexity index is 429. The highest BCUT2D eigenvalue weighted by molar-refractivity contribution is 7.85. The van der Waals surface area contributed by atoms with Crippen LogP contribution < -0.4 is 5.32 Å². The van der Waals surface area contributed by atoms with Gasteiger partial charge in [-0.1, -0.05) is 0 Å². The van der Waals surface area contributed by atoms with Gasteiger partial charge in [0, 0.05) is 41.4 Å². The molecule has 5 atom stereocenters. The van der Waals surface area contributed by atoms with Crippen molar-refractivity contribution in [1.29, 1.82) is 0 Å². The van der Waals surface area contributed by atoms with Gasteiger partial charge in [-0.15, -0.1) is 0 Å². The van der Waals surface area contributed by atoms with E-state index >= 15 is 0 Å². The molecule has 2 bridgehead atoms. The number of fused-ring (bicyclic) bond motifs is 5. The summed E-state index contributed by atoms with van der Waals surface area (Å²) in [5.41, 5.74) is 0. The first-order valence-electron chi connectivity index (χ1n) is 8.03. The molecule has 112 valence electrons. The van der Waals surface area contributed by atoms with Crippen molar-refractivity contribution in [2.75, 3.05) is 18.6 Å². The van der Waals surface area contributed by atoms with E-state index in [1.807, 2.05) is 11.9 Å². The topological polar surface area (TPSA) is 49.4 Å². The van der Waals surface area contributed by atoms with E-state index in [4.69, 9.17) is 0 Å². The number of carbonyl (C=O) groups excluding carboxylic acids is 1. The molecule has 1 saturated heterocycles. The Morgan fingerprint density at radius 3 is 2.30 bits per heavy atom. The Kier molecular flexibility index (Phi) is 3.09. The number of nitrogens with zero attached hydrogens (tertiary/aromatic N) is 1. The molecule has 4 nitrogen and oxygen atoms in total. The van der Waals surface area contributed by atoms with Crippen molar-refractivity contribution in [3.63, 3.8) is 0 Å². The fourth-order valence-corrected chi connectivity index (χ4v) is 6.37. The second kappa shape index (κ2) is 4.72. The van der Waals surface area contributed by atoms with Crippen LogP contribution in [0.1, 0.15) is 32.1 Å². The molecule has 0 spiro atoms. The zero-order chi connectivity index (χ0) is 13.9. The third-order valence-corrected chi connectivity index (χ3v) is 7.63. The zero-order valence-corrected chi connectivity index (χ0v) is 12.9. The Hall–Kier alpha value is -0.580. The average molecular weight is 296 g/mol. The van der Waals surface area contributed by atoms with Gasteiger partial charge in [0.15, 0.2) is 0 Å². The summed E-state index contributed by atoms with van der Waals surface area (Å²) >= 11 is 0. The lowest BCUT2D eigenvalue weighted by molar-refractivity contribution is 0.183. The van der Waals surface area contributed by atoms with E-state index in [1.165, 1.54) is 19.3 Å². The van der Waals surface area contributed by atoms with Crippen LogP contribution in [0.3, 0.4) is 0 Å². The summed E-state index contributed by atoms with van der Waals surface area (Å²) in [5, 5.41) is 3.28. The maximum absolute atomic E-state index is 12.4. The first-order chi connectivity index (χ1) is 9.65. The Morgan fingerprint density at radius 1 is 1.10 bits per heavy atom. The molecule has 1 aliphatic heterocycles. The molecule has 0 aromatic heterocycles. The van der Waals surface area contributed by atoms with Crippen molar-refractivity contribution in [3.05, 3.63) is 0 Å². The van der Waals surface area contributed by atoms with Crippen LogP contribution in [0.2, 0.25) is 0 Å². The van der Waals surface area contributed by atoms with Gasteiger partial charge in [-0.3, -0.25) is 4.21 Å². The molecule has 1 heterocycles. The Labute approximate surface area is 123 Å². The van der Waals surface area contributed by atoms with E-state index in [2.05, 4.69) is 5.32 Å². The maximum Gasteiger partial charge on any atom is 0.317 e. The van der Waals surface area contributed by atoms with Gasteiger partial charge in [0.25, 0.3) is 0 Å². The van der Waals surface area contributed by atoms with Crippen LogP contribution in [-0.4, -0.2) is 45.8 Å². The molecule has 0 radical (unpaired) electrons. The van der Waals surface area contributed by atoms with Crippen LogP contribution >= 0.6 is 0 Å². The molecule has 0 aromatic carbocycles. The van der Waals surface area contributed by atoms with Gasteiger partial charge in [-0.05, 0) is 55.8 Å². The van der Waals surface area contributed by atoms with E-state index in [0.29, 0.717) is 6.04 Å². The average Bonchev–Trinajstić information content (AvgIpc) is 2.84. The highest BCUT2D eigenvalue weighted by Crippen LogP contribution is 2.65. The predicted octanol–water partition coefficient (Wildman–Crippen LogP) is 1.58. The van der Waals surface area contributed by atoms with Gasteiger partial charge in [0.1, 0.15) is 0 Å². The monoisotopic (exact) mass is 296 g/mol. The normalized spacial score (nSPS) is 48.8. The number of rotatable bonds is 2. The first-order valence-corrected chi connectivity index (χ1v) is 9.52. The summed E-state index contributed by atoms with van der Waals surface area (Å²) in [5.74, 6) is 4.90. The van der Waals surface area contributed by atoms with Gasteiger partial charge in [-0.25, -0.2) is 4.79 Å². The van der Waals surface area contributed by atoms with Crippen molar-refractivity contribution in [1.82, 2.24) is 10.2 Å². The third kappa shape index (κ3) is 2.00. The molecule has 4 aliphatic rings. The minimum Gasteiger partial charge on any atom is -0.335 e. The number of hydrogen-bond donors (Lipinski definition) is 1. The quantitative estimate of drug-likeness (QED) is 0.841. The second-order valence-electron chi connectivity index (χ2n) is 7.15. The largest absolute Gasteiger partial charge is 0.335 e. The van der Waals surface area contributed by atoms with Crippen LogP contribution in [0.5, 0.6) is 0 Å². The van der Waals surface area contributed by atoms with Crippen molar-refractivity contribution in [2.45, 2.75) is 44.2 Å². The molecule has 3 saturated carbocycles. The van der Waals surface area contributed by atoms with E-state index in [9.17, 15) is 9.00 Å². The minimum absolute atomic E-state index is 0.0986. The Morgan fingerprint density at radius 2 is 1.70 bits per heavy atom. The highest BCUT2D eigenvalue weighted by Gasteiger charge is 2.65. The van der Waals surface area contributed by atoms with Crippen LogP contribution in [0.4, 0.5) is 4.79 Å². The van der Waals surface area contributed by atoms with Crippen LogP contribution in [0.25, 0.3) is 0 Å². The summed E-state index contributed by atoms with van der Waals surface area (Å²) < 4.78 is 11.4. The summed E-state index contributed by atoms with van der Waals surface area (Å²) in [4.78, 5) is 14.2. The molecular weight excluding hydrogens is 272 g/mol. The standard InChI is InChI=1S/C15H24N2O2S/c1-17(11-4-6-20(19)7-5-11)15(18)16-14-12-9-2-3-10(8-9)13(12)14/h9-14H,2-8H2,1H3,(H,16,18)/t9-,10-,11?,12-,13+,14?,20?/m0/s1. The van der Waals surface area contributed by atoms with Gasteiger partial charge in [-0.2, -0.15) is 0 Å². The maximum atomic E-state index is 12.4. The molecular formula is C15H24N2O2S. The van der Waals surface area contributed by atoms with Crippen LogP contribution in [-0.2, 0) is 10.8 Å². The summed E-state index contributed by atoms with van der Waals surface area (Å²) in [6, 6.07) is 0.846. The number of amides is 2. The predicted molar refractivity (Wildman–Crippen MR) is 78.8 cm³/mol. The molecule has 3 aliphatic carbocycles. The van der Waals surface area contributed by atoms with Gasteiger partial charge in [0.05, 0.1) is 0 Å². The van der Waals surface area contributed by atoms with E-state index in [1.54, 1.807) is 0 Å². The van der Waals surface area contributed by atoms with E-state index in [0.717, 1.165) is 48.0 Å². The molecule has 4 rings (SSSR count).